The molecule has 1 saturated heterocycles. The van der Waals surface area contributed by atoms with E-state index in [2.05, 4.69) is 5.32 Å². The highest BCUT2D eigenvalue weighted by Gasteiger charge is 2.38. The molecule has 3 nitrogen and oxygen atoms in total. The lowest BCUT2D eigenvalue weighted by Gasteiger charge is -2.36. The van der Waals surface area contributed by atoms with Crippen LogP contribution in [0.3, 0.4) is 0 Å². The third-order valence-corrected chi connectivity index (χ3v) is 3.55. The molecule has 0 saturated carbocycles. The van der Waals surface area contributed by atoms with E-state index in [4.69, 9.17) is 5.73 Å². The standard InChI is InChI=1S/C9H18N2OS/c1-7(2)11-9(8(10)12)4-3-5-13-6-9/h7,11H,3-6H2,1-2H3,(H2,10,12). The van der Waals surface area contributed by atoms with E-state index in [0.717, 1.165) is 24.3 Å². The summed E-state index contributed by atoms with van der Waals surface area (Å²) >= 11 is 1.81. The minimum atomic E-state index is -0.447. The second-order valence-corrected chi connectivity index (χ2v) is 5.01. The Kier molecular flexibility index (Phi) is 3.62. The minimum absolute atomic E-state index is 0.201. The van der Waals surface area contributed by atoms with E-state index >= 15 is 0 Å². The molecule has 1 atom stereocenters. The second kappa shape index (κ2) is 4.33. The molecular weight excluding hydrogens is 184 g/mol. The number of rotatable bonds is 3. The maximum atomic E-state index is 11.4. The van der Waals surface area contributed by atoms with Gasteiger partial charge in [-0.15, -0.1) is 0 Å². The number of primary amides is 1. The minimum Gasteiger partial charge on any atom is -0.368 e. The topological polar surface area (TPSA) is 55.1 Å². The average Bonchev–Trinajstić information content (AvgIpc) is 2.04. The summed E-state index contributed by atoms with van der Waals surface area (Å²) < 4.78 is 0. The summed E-state index contributed by atoms with van der Waals surface area (Å²) in [5, 5.41) is 3.30. The van der Waals surface area contributed by atoms with Gasteiger partial charge in [0.15, 0.2) is 0 Å². The Balaban J connectivity index is 2.67. The zero-order valence-corrected chi connectivity index (χ0v) is 9.12. The number of carbonyl (C=O) groups is 1. The molecule has 1 amide bonds. The van der Waals surface area contributed by atoms with Crippen LogP contribution in [0.1, 0.15) is 26.7 Å². The maximum Gasteiger partial charge on any atom is 0.238 e. The number of nitrogens with two attached hydrogens (primary N) is 1. The molecule has 1 unspecified atom stereocenters. The molecule has 3 N–H and O–H groups in total. The summed E-state index contributed by atoms with van der Waals surface area (Å²) in [6.45, 7) is 4.09. The first kappa shape index (κ1) is 10.9. The first-order chi connectivity index (χ1) is 6.07. The van der Waals surface area contributed by atoms with Crippen molar-refractivity contribution in [1.82, 2.24) is 5.32 Å². The van der Waals surface area contributed by atoms with Crippen molar-refractivity contribution in [2.24, 2.45) is 5.73 Å². The van der Waals surface area contributed by atoms with Gasteiger partial charge in [0.2, 0.25) is 5.91 Å². The van der Waals surface area contributed by atoms with Crippen molar-refractivity contribution in [2.45, 2.75) is 38.3 Å². The van der Waals surface area contributed by atoms with Crippen molar-refractivity contribution in [3.8, 4) is 0 Å². The molecule has 1 rings (SSSR count). The Labute approximate surface area is 83.8 Å². The molecule has 1 aliphatic heterocycles. The molecule has 13 heavy (non-hydrogen) atoms. The molecule has 0 aromatic heterocycles. The Bertz CT molecular complexity index is 188. The lowest BCUT2D eigenvalue weighted by Crippen LogP contribution is -2.60. The van der Waals surface area contributed by atoms with Crippen molar-refractivity contribution in [3.05, 3.63) is 0 Å². The molecule has 0 radical (unpaired) electrons. The van der Waals surface area contributed by atoms with Crippen LogP contribution in [0.15, 0.2) is 0 Å². The van der Waals surface area contributed by atoms with Crippen LogP contribution in [-0.2, 0) is 4.79 Å². The van der Waals surface area contributed by atoms with Gasteiger partial charge in [-0.25, -0.2) is 0 Å². The van der Waals surface area contributed by atoms with Crippen molar-refractivity contribution in [1.29, 1.82) is 0 Å². The van der Waals surface area contributed by atoms with Gasteiger partial charge in [-0.05, 0) is 32.4 Å². The molecule has 0 aliphatic carbocycles. The van der Waals surface area contributed by atoms with E-state index in [0.29, 0.717) is 6.04 Å². The van der Waals surface area contributed by atoms with Crippen molar-refractivity contribution < 1.29 is 4.79 Å². The maximum absolute atomic E-state index is 11.4. The van der Waals surface area contributed by atoms with Gasteiger partial charge >= 0.3 is 0 Å². The van der Waals surface area contributed by atoms with Crippen LogP contribution < -0.4 is 11.1 Å². The molecule has 1 heterocycles. The summed E-state index contributed by atoms with van der Waals surface area (Å²) in [7, 11) is 0. The quantitative estimate of drug-likeness (QED) is 0.709. The fraction of sp³-hybridized carbons (Fsp3) is 0.889. The highest BCUT2D eigenvalue weighted by atomic mass is 32.2. The lowest BCUT2D eigenvalue weighted by atomic mass is 9.93. The summed E-state index contributed by atoms with van der Waals surface area (Å²) in [4.78, 5) is 11.4. The number of nitrogens with one attached hydrogen (secondary N) is 1. The third-order valence-electron chi connectivity index (χ3n) is 2.28. The van der Waals surface area contributed by atoms with Crippen LogP contribution >= 0.6 is 11.8 Å². The third kappa shape index (κ3) is 2.61. The zero-order chi connectivity index (χ0) is 9.90. The van der Waals surface area contributed by atoms with E-state index in [1.54, 1.807) is 0 Å². The van der Waals surface area contributed by atoms with Crippen LogP contribution in [0.2, 0.25) is 0 Å². The highest BCUT2D eigenvalue weighted by Crippen LogP contribution is 2.26. The monoisotopic (exact) mass is 202 g/mol. The Hall–Kier alpha value is -0.220. The summed E-state index contributed by atoms with van der Waals surface area (Å²) in [5.74, 6) is 1.77. The number of carbonyl (C=O) groups excluding carboxylic acids is 1. The molecule has 0 aromatic rings. The van der Waals surface area contributed by atoms with E-state index in [1.807, 2.05) is 25.6 Å². The number of hydrogen-bond acceptors (Lipinski definition) is 3. The van der Waals surface area contributed by atoms with Crippen LogP contribution in [0, 0.1) is 0 Å². The van der Waals surface area contributed by atoms with Gasteiger partial charge in [0, 0.05) is 11.8 Å². The molecular formula is C9H18N2OS. The summed E-state index contributed by atoms with van der Waals surface area (Å²) in [6, 6.07) is 0.311. The van der Waals surface area contributed by atoms with Gasteiger partial charge in [0.25, 0.3) is 0 Å². The molecule has 0 bridgehead atoms. The van der Waals surface area contributed by atoms with Crippen LogP contribution in [0.25, 0.3) is 0 Å². The highest BCUT2D eigenvalue weighted by molar-refractivity contribution is 7.99. The van der Waals surface area contributed by atoms with E-state index in [9.17, 15) is 4.79 Å². The SMILES string of the molecule is CC(C)NC1(C(N)=O)CCCSC1. The summed E-state index contributed by atoms with van der Waals surface area (Å²) in [5.41, 5.74) is 4.99. The fourth-order valence-electron chi connectivity index (χ4n) is 1.73. The number of amides is 1. The van der Waals surface area contributed by atoms with Gasteiger partial charge in [0.1, 0.15) is 5.54 Å². The first-order valence-electron chi connectivity index (χ1n) is 4.72. The smallest absolute Gasteiger partial charge is 0.238 e. The van der Waals surface area contributed by atoms with Gasteiger partial charge in [-0.2, -0.15) is 11.8 Å². The number of thioether (sulfide) groups is 1. The normalized spacial score (nSPS) is 29.2. The van der Waals surface area contributed by atoms with Gasteiger partial charge < -0.3 is 11.1 Å². The van der Waals surface area contributed by atoms with Gasteiger partial charge in [0.05, 0.1) is 0 Å². The average molecular weight is 202 g/mol. The van der Waals surface area contributed by atoms with Gasteiger partial charge in [-0.1, -0.05) is 0 Å². The second-order valence-electron chi connectivity index (χ2n) is 3.90. The summed E-state index contributed by atoms with van der Waals surface area (Å²) in [6.07, 6.45) is 1.96. The largest absolute Gasteiger partial charge is 0.368 e. The Morgan fingerprint density at radius 3 is 2.69 bits per heavy atom. The van der Waals surface area contributed by atoms with Crippen molar-refractivity contribution in [3.63, 3.8) is 0 Å². The lowest BCUT2D eigenvalue weighted by molar-refractivity contribution is -0.124. The molecule has 76 valence electrons. The zero-order valence-electron chi connectivity index (χ0n) is 8.30. The predicted molar refractivity (Wildman–Crippen MR) is 56.8 cm³/mol. The predicted octanol–water partition coefficient (Wildman–Crippen LogP) is 0.735. The van der Waals surface area contributed by atoms with Crippen LogP contribution in [0.4, 0.5) is 0 Å². The Morgan fingerprint density at radius 2 is 2.31 bits per heavy atom. The molecule has 1 fully saturated rings. The Morgan fingerprint density at radius 1 is 1.62 bits per heavy atom. The molecule has 0 spiro atoms. The molecule has 1 aliphatic rings. The molecule has 4 heteroatoms. The van der Waals surface area contributed by atoms with Crippen LogP contribution in [-0.4, -0.2) is 29.0 Å². The molecule has 0 aromatic carbocycles. The first-order valence-corrected chi connectivity index (χ1v) is 5.88. The van der Waals surface area contributed by atoms with Crippen LogP contribution in [0.5, 0.6) is 0 Å². The van der Waals surface area contributed by atoms with Crippen molar-refractivity contribution in [2.75, 3.05) is 11.5 Å². The van der Waals surface area contributed by atoms with E-state index in [-0.39, 0.29) is 5.91 Å². The van der Waals surface area contributed by atoms with E-state index < -0.39 is 5.54 Å². The number of hydrogen-bond donors (Lipinski definition) is 2. The van der Waals surface area contributed by atoms with E-state index in [1.165, 1.54) is 0 Å². The fourth-order valence-corrected chi connectivity index (χ4v) is 2.94. The van der Waals surface area contributed by atoms with Gasteiger partial charge in [-0.3, -0.25) is 4.79 Å². The van der Waals surface area contributed by atoms with Crippen molar-refractivity contribution >= 4 is 17.7 Å².